The first kappa shape index (κ1) is 30.8. The van der Waals surface area contributed by atoms with Crippen LogP contribution >= 0.6 is 12.6 Å². The topological polar surface area (TPSA) is 104 Å². The number of fused-ring (bicyclic) bond motifs is 2. The van der Waals surface area contributed by atoms with Gasteiger partial charge in [-0.15, -0.1) is 0 Å². The molecular weight excluding hydrogens is 519 g/mol. The molecular formula is C29H41FN4O4S. The first-order valence-electron chi connectivity index (χ1n) is 13.7. The summed E-state index contributed by atoms with van der Waals surface area (Å²) in [4.78, 5) is 32.0. The maximum absolute atomic E-state index is 14.5. The molecule has 2 aromatic rings. The minimum Gasteiger partial charge on any atom is -0.493 e. The van der Waals surface area contributed by atoms with Crippen LogP contribution in [-0.4, -0.2) is 70.9 Å². The molecule has 0 aliphatic carbocycles. The van der Waals surface area contributed by atoms with E-state index < -0.39 is 24.0 Å². The molecule has 1 aliphatic rings. The predicted octanol–water partition coefficient (Wildman–Crippen LogP) is 3.06. The number of thiol groups is 1. The Balaban J connectivity index is 1.81. The first-order chi connectivity index (χ1) is 18.8. The van der Waals surface area contributed by atoms with E-state index in [2.05, 4.69) is 41.2 Å². The van der Waals surface area contributed by atoms with E-state index in [9.17, 15) is 19.1 Å². The van der Waals surface area contributed by atoms with Crippen molar-refractivity contribution < 1.29 is 23.8 Å². The lowest BCUT2D eigenvalue weighted by molar-refractivity contribution is -0.139. The molecule has 39 heavy (non-hydrogen) atoms. The standard InChI is InChI=1S/C29H41FN4O4S/c1-3-20-11-22(17-31-16-20)18-32-19-27(35)25-14-21-12-23(30)15-24(13-21)38-9-6-4-5-7-28(36)34(2)26(8-10-39)29(37)33-25/h11-13,15-17,25-27,32,35,39H,3-10,14,18-19H2,1-2H3,(H,33,37)/t25?,26?,27-/m1/s1. The maximum atomic E-state index is 14.5. The van der Waals surface area contributed by atoms with Crippen LogP contribution in [0.2, 0.25) is 0 Å². The molecule has 214 valence electrons. The van der Waals surface area contributed by atoms with E-state index in [1.165, 1.54) is 17.0 Å². The normalized spacial score (nSPS) is 20.3. The lowest BCUT2D eigenvalue weighted by Crippen LogP contribution is -2.55. The second kappa shape index (κ2) is 15.8. The highest BCUT2D eigenvalue weighted by Gasteiger charge is 2.30. The number of aryl methyl sites for hydroxylation is 1. The van der Waals surface area contributed by atoms with Gasteiger partial charge in [0.15, 0.2) is 0 Å². The number of aromatic nitrogens is 1. The van der Waals surface area contributed by atoms with Gasteiger partial charge in [0.25, 0.3) is 0 Å². The summed E-state index contributed by atoms with van der Waals surface area (Å²) in [5.41, 5.74) is 2.71. The van der Waals surface area contributed by atoms with E-state index >= 15 is 0 Å². The van der Waals surface area contributed by atoms with E-state index in [0.717, 1.165) is 30.4 Å². The number of amides is 2. The zero-order chi connectivity index (χ0) is 28.2. The number of aliphatic hydroxyl groups is 1. The fourth-order valence-electron chi connectivity index (χ4n) is 4.69. The van der Waals surface area contributed by atoms with Gasteiger partial charge in [-0.1, -0.05) is 13.0 Å². The van der Waals surface area contributed by atoms with Gasteiger partial charge in [0, 0.05) is 45.0 Å². The summed E-state index contributed by atoms with van der Waals surface area (Å²) in [6.07, 6.45) is 6.54. The molecule has 2 unspecified atom stereocenters. The molecule has 3 atom stereocenters. The Morgan fingerprint density at radius 2 is 2.00 bits per heavy atom. The minimum absolute atomic E-state index is 0.112. The van der Waals surface area contributed by atoms with Crippen molar-refractivity contribution in [2.24, 2.45) is 0 Å². The van der Waals surface area contributed by atoms with Gasteiger partial charge in [0.2, 0.25) is 11.8 Å². The number of halogens is 1. The van der Waals surface area contributed by atoms with Crippen molar-refractivity contribution in [3.05, 3.63) is 59.2 Å². The number of benzene rings is 1. The molecule has 0 radical (unpaired) electrons. The summed E-state index contributed by atoms with van der Waals surface area (Å²) in [6.45, 7) is 3.16. The van der Waals surface area contributed by atoms with Gasteiger partial charge in [-0.25, -0.2) is 4.39 Å². The van der Waals surface area contributed by atoms with Gasteiger partial charge in [0.1, 0.15) is 17.6 Å². The summed E-state index contributed by atoms with van der Waals surface area (Å²) in [6, 6.07) is 5.06. The summed E-state index contributed by atoms with van der Waals surface area (Å²) in [7, 11) is 1.63. The van der Waals surface area contributed by atoms with Crippen LogP contribution < -0.4 is 15.4 Å². The van der Waals surface area contributed by atoms with Crippen LogP contribution in [0.15, 0.2) is 36.7 Å². The molecule has 0 spiro atoms. The fraction of sp³-hybridized carbons (Fsp3) is 0.552. The number of likely N-dealkylation sites (N-methyl/N-ethyl adjacent to an activating group) is 1. The quantitative estimate of drug-likeness (QED) is 0.370. The Morgan fingerprint density at radius 3 is 2.77 bits per heavy atom. The monoisotopic (exact) mass is 560 g/mol. The van der Waals surface area contributed by atoms with Crippen LogP contribution in [0.25, 0.3) is 0 Å². The first-order valence-corrected chi connectivity index (χ1v) is 14.3. The Labute approximate surface area is 236 Å². The number of carbonyl (C=O) groups excluding carboxylic acids is 2. The van der Waals surface area contributed by atoms with E-state index in [-0.39, 0.29) is 24.8 Å². The van der Waals surface area contributed by atoms with Gasteiger partial charge in [0.05, 0.1) is 18.8 Å². The lowest BCUT2D eigenvalue weighted by atomic mass is 9.99. The molecule has 2 amide bonds. The van der Waals surface area contributed by atoms with Crippen LogP contribution in [0, 0.1) is 5.82 Å². The largest absolute Gasteiger partial charge is 0.493 e. The lowest BCUT2D eigenvalue weighted by Gasteiger charge is -2.31. The van der Waals surface area contributed by atoms with Gasteiger partial charge < -0.3 is 25.4 Å². The number of carbonyl (C=O) groups is 2. The number of nitrogens with zero attached hydrogens (tertiary/aromatic N) is 2. The number of hydrogen-bond donors (Lipinski definition) is 4. The Bertz CT molecular complexity index is 1090. The minimum atomic E-state index is -0.986. The third-order valence-corrected chi connectivity index (χ3v) is 7.25. The Hall–Kier alpha value is -2.69. The molecule has 1 aromatic carbocycles. The highest BCUT2D eigenvalue weighted by atomic mass is 32.1. The highest BCUT2D eigenvalue weighted by Crippen LogP contribution is 2.20. The van der Waals surface area contributed by atoms with Crippen molar-refractivity contribution in [3.8, 4) is 5.75 Å². The summed E-state index contributed by atoms with van der Waals surface area (Å²) in [5.74, 6) is -0.104. The third kappa shape index (κ3) is 9.77. The molecule has 1 aliphatic heterocycles. The smallest absolute Gasteiger partial charge is 0.243 e. The van der Waals surface area contributed by atoms with Crippen LogP contribution in [0.5, 0.6) is 5.75 Å². The second-order valence-electron chi connectivity index (χ2n) is 10.1. The fourth-order valence-corrected chi connectivity index (χ4v) is 4.94. The number of ether oxygens (including phenoxy) is 1. The molecule has 2 bridgehead atoms. The Morgan fingerprint density at radius 1 is 1.21 bits per heavy atom. The summed E-state index contributed by atoms with van der Waals surface area (Å²) in [5, 5.41) is 17.4. The van der Waals surface area contributed by atoms with Gasteiger partial charge in [-0.3, -0.25) is 14.6 Å². The molecule has 0 saturated carbocycles. The van der Waals surface area contributed by atoms with Crippen LogP contribution in [0.4, 0.5) is 4.39 Å². The number of hydrogen-bond acceptors (Lipinski definition) is 7. The van der Waals surface area contributed by atoms with Gasteiger partial charge >= 0.3 is 0 Å². The number of nitrogens with one attached hydrogen (secondary N) is 2. The molecule has 3 rings (SSSR count). The van der Waals surface area contributed by atoms with Crippen molar-refractivity contribution >= 4 is 24.4 Å². The predicted molar refractivity (Wildman–Crippen MR) is 152 cm³/mol. The molecule has 1 aromatic heterocycles. The van der Waals surface area contributed by atoms with Gasteiger partial charge in [-0.2, -0.15) is 12.6 Å². The molecule has 10 heteroatoms. The maximum Gasteiger partial charge on any atom is 0.243 e. The number of rotatable bonds is 8. The van der Waals surface area contributed by atoms with Crippen LogP contribution in [-0.2, 0) is 29.0 Å². The van der Waals surface area contributed by atoms with Crippen molar-refractivity contribution in [1.82, 2.24) is 20.5 Å². The molecule has 2 heterocycles. The van der Waals surface area contributed by atoms with Crippen molar-refractivity contribution in [1.29, 1.82) is 0 Å². The van der Waals surface area contributed by atoms with Crippen molar-refractivity contribution in [3.63, 3.8) is 0 Å². The summed E-state index contributed by atoms with van der Waals surface area (Å²) >= 11 is 4.30. The van der Waals surface area contributed by atoms with E-state index in [1.807, 2.05) is 6.20 Å². The third-order valence-electron chi connectivity index (χ3n) is 6.99. The molecule has 0 saturated heterocycles. The average molecular weight is 561 g/mol. The zero-order valence-electron chi connectivity index (χ0n) is 22.9. The van der Waals surface area contributed by atoms with Crippen molar-refractivity contribution in [2.45, 2.75) is 76.6 Å². The highest BCUT2D eigenvalue weighted by molar-refractivity contribution is 7.80. The average Bonchev–Trinajstić information content (AvgIpc) is 2.92. The zero-order valence-corrected chi connectivity index (χ0v) is 23.8. The van der Waals surface area contributed by atoms with Gasteiger partial charge in [-0.05, 0) is 73.1 Å². The number of aliphatic hydroxyl groups excluding tert-OH is 1. The SMILES string of the molecule is CCc1cncc(CNC[C@@H](O)C2Cc3cc(F)cc(c3)OCCCCCC(=O)N(C)C(CCS)C(=O)N2)c1. The molecule has 8 nitrogen and oxygen atoms in total. The molecule has 3 N–H and O–H groups in total. The van der Waals surface area contributed by atoms with E-state index in [0.29, 0.717) is 49.5 Å². The summed E-state index contributed by atoms with van der Waals surface area (Å²) < 4.78 is 20.2. The van der Waals surface area contributed by atoms with E-state index in [1.54, 1.807) is 19.3 Å². The second-order valence-corrected chi connectivity index (χ2v) is 10.5. The van der Waals surface area contributed by atoms with Crippen molar-refractivity contribution in [2.75, 3.05) is 26.0 Å². The van der Waals surface area contributed by atoms with Crippen LogP contribution in [0.3, 0.4) is 0 Å². The van der Waals surface area contributed by atoms with Crippen LogP contribution in [0.1, 0.15) is 55.7 Å². The Kier molecular flexibility index (Phi) is 12.5. The van der Waals surface area contributed by atoms with E-state index in [4.69, 9.17) is 4.74 Å². The molecule has 0 fully saturated rings. The number of pyridine rings is 1.